The predicted molar refractivity (Wildman–Crippen MR) is 70.6 cm³/mol. The highest BCUT2D eigenvalue weighted by Crippen LogP contribution is 2.13. The summed E-state index contributed by atoms with van der Waals surface area (Å²) in [4.78, 5) is 11.9. The molecule has 0 saturated heterocycles. The summed E-state index contributed by atoms with van der Waals surface area (Å²) in [6.45, 7) is 7.24. The van der Waals surface area contributed by atoms with Gasteiger partial charge in [0, 0.05) is 25.8 Å². The van der Waals surface area contributed by atoms with Crippen LogP contribution in [0, 0.1) is 0 Å². The summed E-state index contributed by atoms with van der Waals surface area (Å²) in [6.07, 6.45) is 2.87. The van der Waals surface area contributed by atoms with Crippen LogP contribution >= 0.6 is 11.6 Å². The van der Waals surface area contributed by atoms with Crippen LogP contribution in [-0.4, -0.2) is 30.1 Å². The van der Waals surface area contributed by atoms with Crippen molar-refractivity contribution in [1.29, 1.82) is 0 Å². The van der Waals surface area contributed by atoms with Gasteiger partial charge in [0.15, 0.2) is 0 Å². The Hall–Kier alpha value is -1.00. The Morgan fingerprint density at radius 2 is 2.12 bits per heavy atom. The third-order valence-corrected chi connectivity index (χ3v) is 2.66. The maximum absolute atomic E-state index is 11.9. The van der Waals surface area contributed by atoms with Gasteiger partial charge in [0.1, 0.15) is 5.69 Å². The van der Waals surface area contributed by atoms with Crippen molar-refractivity contribution >= 4 is 17.5 Å². The number of nitrogens with one attached hydrogen (secondary N) is 2. The predicted octanol–water partition coefficient (Wildman–Crippen LogP) is 1.89. The SMILES string of the molecule is CCCNCCNC(=O)c1cc(Cl)cn1CC. The minimum Gasteiger partial charge on any atom is -0.349 e. The van der Waals surface area contributed by atoms with E-state index in [1.165, 1.54) is 0 Å². The van der Waals surface area contributed by atoms with Crippen LogP contribution < -0.4 is 10.6 Å². The Morgan fingerprint density at radius 3 is 2.76 bits per heavy atom. The molecule has 96 valence electrons. The fraction of sp³-hybridized carbons (Fsp3) is 0.583. The molecule has 0 spiro atoms. The molecule has 1 heterocycles. The molecular weight excluding hydrogens is 238 g/mol. The van der Waals surface area contributed by atoms with Crippen LogP contribution in [0.1, 0.15) is 30.8 Å². The second kappa shape index (κ2) is 7.35. The van der Waals surface area contributed by atoms with Gasteiger partial charge in [-0.1, -0.05) is 18.5 Å². The number of amides is 1. The smallest absolute Gasteiger partial charge is 0.268 e. The Kier molecular flexibility index (Phi) is 6.08. The minimum absolute atomic E-state index is 0.0722. The molecule has 0 aliphatic heterocycles. The van der Waals surface area contributed by atoms with Crippen LogP contribution in [0.3, 0.4) is 0 Å². The first kappa shape index (κ1) is 14.1. The Labute approximate surface area is 107 Å². The Morgan fingerprint density at radius 1 is 1.35 bits per heavy atom. The largest absolute Gasteiger partial charge is 0.349 e. The number of rotatable bonds is 7. The molecular formula is C12H20ClN3O. The molecule has 1 amide bonds. The number of carbonyl (C=O) groups excluding carboxylic acids is 1. The van der Waals surface area contributed by atoms with E-state index in [9.17, 15) is 4.79 Å². The zero-order valence-electron chi connectivity index (χ0n) is 10.4. The molecule has 1 aromatic rings. The Bertz CT molecular complexity index is 363. The van der Waals surface area contributed by atoms with E-state index in [1.54, 1.807) is 12.3 Å². The molecule has 0 saturated carbocycles. The number of hydrogen-bond donors (Lipinski definition) is 2. The molecule has 0 atom stereocenters. The van der Waals surface area contributed by atoms with Crippen LogP contribution in [0.2, 0.25) is 5.02 Å². The topological polar surface area (TPSA) is 46.1 Å². The highest BCUT2D eigenvalue weighted by Gasteiger charge is 2.11. The van der Waals surface area contributed by atoms with Gasteiger partial charge in [-0.2, -0.15) is 0 Å². The van der Waals surface area contributed by atoms with E-state index in [2.05, 4.69) is 17.6 Å². The van der Waals surface area contributed by atoms with Crippen LogP contribution in [0.15, 0.2) is 12.3 Å². The molecule has 0 fully saturated rings. The van der Waals surface area contributed by atoms with E-state index < -0.39 is 0 Å². The summed E-state index contributed by atoms with van der Waals surface area (Å²) in [5.74, 6) is -0.0722. The van der Waals surface area contributed by atoms with Crippen LogP contribution in [0.4, 0.5) is 0 Å². The van der Waals surface area contributed by atoms with Gasteiger partial charge < -0.3 is 15.2 Å². The second-order valence-electron chi connectivity index (χ2n) is 3.84. The van der Waals surface area contributed by atoms with Crippen molar-refractivity contribution in [3.8, 4) is 0 Å². The monoisotopic (exact) mass is 257 g/mol. The molecule has 0 bridgehead atoms. The van der Waals surface area contributed by atoms with Crippen molar-refractivity contribution in [3.05, 3.63) is 23.0 Å². The lowest BCUT2D eigenvalue weighted by Gasteiger charge is -2.08. The number of carbonyl (C=O) groups is 1. The molecule has 4 nitrogen and oxygen atoms in total. The molecule has 0 aliphatic rings. The summed E-state index contributed by atoms with van der Waals surface area (Å²) in [7, 11) is 0. The zero-order valence-corrected chi connectivity index (χ0v) is 11.2. The van der Waals surface area contributed by atoms with E-state index in [0.29, 0.717) is 17.3 Å². The van der Waals surface area contributed by atoms with Gasteiger partial charge >= 0.3 is 0 Å². The number of aromatic nitrogens is 1. The quantitative estimate of drug-likeness (QED) is 0.733. The highest BCUT2D eigenvalue weighted by atomic mass is 35.5. The first-order valence-electron chi connectivity index (χ1n) is 6.03. The molecule has 5 heteroatoms. The first-order valence-corrected chi connectivity index (χ1v) is 6.41. The average molecular weight is 258 g/mol. The average Bonchev–Trinajstić information content (AvgIpc) is 2.70. The van der Waals surface area contributed by atoms with Crippen LogP contribution in [0.5, 0.6) is 0 Å². The number of nitrogens with zero attached hydrogens (tertiary/aromatic N) is 1. The standard InChI is InChI=1S/C12H20ClN3O/c1-3-5-14-6-7-15-12(17)11-8-10(13)9-16(11)4-2/h8-9,14H,3-7H2,1-2H3,(H,15,17). The third kappa shape index (κ3) is 4.40. The van der Waals surface area contributed by atoms with E-state index in [1.807, 2.05) is 11.5 Å². The molecule has 1 aromatic heterocycles. The fourth-order valence-electron chi connectivity index (χ4n) is 1.58. The van der Waals surface area contributed by atoms with Gasteiger partial charge in [-0.3, -0.25) is 4.79 Å². The third-order valence-electron chi connectivity index (χ3n) is 2.45. The summed E-state index contributed by atoms with van der Waals surface area (Å²) < 4.78 is 1.84. The molecule has 0 aliphatic carbocycles. The van der Waals surface area contributed by atoms with Gasteiger partial charge in [0.25, 0.3) is 5.91 Å². The van der Waals surface area contributed by atoms with E-state index in [0.717, 1.165) is 26.1 Å². The lowest BCUT2D eigenvalue weighted by atomic mass is 10.4. The molecule has 2 N–H and O–H groups in total. The maximum atomic E-state index is 11.9. The van der Waals surface area contributed by atoms with Gasteiger partial charge in [-0.15, -0.1) is 0 Å². The molecule has 17 heavy (non-hydrogen) atoms. The normalized spacial score (nSPS) is 10.5. The van der Waals surface area contributed by atoms with E-state index in [-0.39, 0.29) is 5.91 Å². The zero-order chi connectivity index (χ0) is 12.7. The summed E-state index contributed by atoms with van der Waals surface area (Å²) >= 11 is 5.88. The van der Waals surface area contributed by atoms with Gasteiger partial charge in [0.2, 0.25) is 0 Å². The lowest BCUT2D eigenvalue weighted by Crippen LogP contribution is -2.33. The van der Waals surface area contributed by atoms with Crippen LogP contribution in [0.25, 0.3) is 0 Å². The fourth-order valence-corrected chi connectivity index (χ4v) is 1.80. The lowest BCUT2D eigenvalue weighted by molar-refractivity contribution is 0.0945. The molecule has 1 rings (SSSR count). The van der Waals surface area contributed by atoms with E-state index >= 15 is 0 Å². The van der Waals surface area contributed by atoms with Crippen molar-refractivity contribution in [2.45, 2.75) is 26.8 Å². The van der Waals surface area contributed by atoms with Crippen molar-refractivity contribution in [2.75, 3.05) is 19.6 Å². The Balaban J connectivity index is 2.41. The summed E-state index contributed by atoms with van der Waals surface area (Å²) in [5, 5.41) is 6.69. The van der Waals surface area contributed by atoms with Crippen molar-refractivity contribution in [2.24, 2.45) is 0 Å². The number of halogens is 1. The van der Waals surface area contributed by atoms with Crippen molar-refractivity contribution in [3.63, 3.8) is 0 Å². The summed E-state index contributed by atoms with van der Waals surface area (Å²) in [6, 6.07) is 1.69. The molecule has 0 aromatic carbocycles. The van der Waals surface area contributed by atoms with Crippen molar-refractivity contribution in [1.82, 2.24) is 15.2 Å². The van der Waals surface area contributed by atoms with Crippen molar-refractivity contribution < 1.29 is 4.79 Å². The minimum atomic E-state index is -0.0722. The second-order valence-corrected chi connectivity index (χ2v) is 4.27. The van der Waals surface area contributed by atoms with E-state index in [4.69, 9.17) is 11.6 Å². The van der Waals surface area contributed by atoms with Crippen LogP contribution in [-0.2, 0) is 6.54 Å². The number of aryl methyl sites for hydroxylation is 1. The van der Waals surface area contributed by atoms with Gasteiger partial charge in [0.05, 0.1) is 5.02 Å². The molecule has 0 unspecified atom stereocenters. The van der Waals surface area contributed by atoms with Gasteiger partial charge in [-0.05, 0) is 26.0 Å². The number of hydrogen-bond acceptors (Lipinski definition) is 2. The van der Waals surface area contributed by atoms with Gasteiger partial charge in [-0.25, -0.2) is 0 Å². The first-order chi connectivity index (χ1) is 8.19. The maximum Gasteiger partial charge on any atom is 0.268 e. The highest BCUT2D eigenvalue weighted by molar-refractivity contribution is 6.31. The summed E-state index contributed by atoms with van der Waals surface area (Å²) in [5.41, 5.74) is 0.619. The molecule has 0 radical (unpaired) electrons.